The standard InChI is InChI=1S/C22H27N3O3/c1-5-17(21(28)25-22(2,3)4)23-20(27)16-13-9-10-14-18(16)24-19(26)15-11-7-6-8-12-15/h6-14,17H,5H2,1-4H3,(H,23,27)(H,24,26)(H,25,28)/t17-/m1/s1. The molecule has 2 aromatic rings. The molecule has 6 nitrogen and oxygen atoms in total. The number of hydrogen-bond acceptors (Lipinski definition) is 3. The Bertz CT molecular complexity index is 842. The highest BCUT2D eigenvalue weighted by molar-refractivity contribution is 6.09. The van der Waals surface area contributed by atoms with Crippen LogP contribution in [-0.2, 0) is 4.79 Å². The van der Waals surface area contributed by atoms with Gasteiger partial charge in [0.1, 0.15) is 6.04 Å². The molecule has 0 saturated heterocycles. The highest BCUT2D eigenvalue weighted by Gasteiger charge is 2.24. The highest BCUT2D eigenvalue weighted by atomic mass is 16.2. The van der Waals surface area contributed by atoms with Gasteiger partial charge < -0.3 is 16.0 Å². The molecule has 0 spiro atoms. The number of amides is 3. The van der Waals surface area contributed by atoms with E-state index in [2.05, 4.69) is 16.0 Å². The molecule has 0 aromatic heterocycles. The molecular formula is C22H27N3O3. The van der Waals surface area contributed by atoms with E-state index in [1.54, 1.807) is 48.5 Å². The van der Waals surface area contributed by atoms with Crippen LogP contribution in [0.1, 0.15) is 54.8 Å². The van der Waals surface area contributed by atoms with Crippen LogP contribution in [0.2, 0.25) is 0 Å². The molecule has 0 fully saturated rings. The Morgan fingerprint density at radius 1 is 0.893 bits per heavy atom. The molecule has 148 valence electrons. The van der Waals surface area contributed by atoms with Crippen LogP contribution >= 0.6 is 0 Å². The van der Waals surface area contributed by atoms with Gasteiger partial charge >= 0.3 is 0 Å². The second-order valence-electron chi connectivity index (χ2n) is 7.54. The molecule has 6 heteroatoms. The lowest BCUT2D eigenvalue weighted by atomic mass is 10.1. The van der Waals surface area contributed by atoms with E-state index < -0.39 is 17.5 Å². The van der Waals surface area contributed by atoms with Crippen molar-refractivity contribution < 1.29 is 14.4 Å². The second-order valence-corrected chi connectivity index (χ2v) is 7.54. The first-order chi connectivity index (χ1) is 13.2. The lowest BCUT2D eigenvalue weighted by Crippen LogP contribution is -2.51. The van der Waals surface area contributed by atoms with Gasteiger partial charge in [0.25, 0.3) is 11.8 Å². The average molecular weight is 381 g/mol. The lowest BCUT2D eigenvalue weighted by molar-refractivity contribution is -0.124. The Morgan fingerprint density at radius 3 is 2.11 bits per heavy atom. The van der Waals surface area contributed by atoms with Crippen molar-refractivity contribution in [1.29, 1.82) is 0 Å². The normalized spacial score (nSPS) is 12.0. The Labute approximate surface area is 165 Å². The quantitative estimate of drug-likeness (QED) is 0.717. The number of rotatable bonds is 6. The van der Waals surface area contributed by atoms with E-state index in [0.717, 1.165) is 0 Å². The summed E-state index contributed by atoms with van der Waals surface area (Å²) >= 11 is 0. The average Bonchev–Trinajstić information content (AvgIpc) is 2.65. The van der Waals surface area contributed by atoms with Gasteiger partial charge in [0.15, 0.2) is 0 Å². The van der Waals surface area contributed by atoms with E-state index >= 15 is 0 Å². The maximum Gasteiger partial charge on any atom is 0.255 e. The van der Waals surface area contributed by atoms with Gasteiger partial charge in [-0.15, -0.1) is 0 Å². The molecule has 3 amide bonds. The van der Waals surface area contributed by atoms with Crippen LogP contribution in [-0.4, -0.2) is 29.3 Å². The summed E-state index contributed by atoms with van der Waals surface area (Å²) in [4.78, 5) is 37.6. The van der Waals surface area contributed by atoms with Gasteiger partial charge in [-0.05, 0) is 51.5 Å². The zero-order valence-corrected chi connectivity index (χ0v) is 16.7. The van der Waals surface area contributed by atoms with E-state index in [1.807, 2.05) is 33.8 Å². The van der Waals surface area contributed by atoms with E-state index in [0.29, 0.717) is 23.2 Å². The number of para-hydroxylation sites is 1. The molecule has 28 heavy (non-hydrogen) atoms. The molecule has 2 rings (SSSR count). The van der Waals surface area contributed by atoms with E-state index in [1.165, 1.54) is 0 Å². The predicted molar refractivity (Wildman–Crippen MR) is 110 cm³/mol. The van der Waals surface area contributed by atoms with Crippen LogP contribution in [0, 0.1) is 0 Å². The first-order valence-electron chi connectivity index (χ1n) is 9.29. The molecule has 0 aliphatic heterocycles. The van der Waals surface area contributed by atoms with Gasteiger partial charge in [-0.3, -0.25) is 14.4 Å². The molecule has 2 aromatic carbocycles. The Morgan fingerprint density at radius 2 is 1.50 bits per heavy atom. The summed E-state index contributed by atoms with van der Waals surface area (Å²) in [6.45, 7) is 7.48. The zero-order chi connectivity index (χ0) is 20.7. The lowest BCUT2D eigenvalue weighted by Gasteiger charge is -2.25. The van der Waals surface area contributed by atoms with E-state index in [4.69, 9.17) is 0 Å². The van der Waals surface area contributed by atoms with Crippen molar-refractivity contribution in [3.63, 3.8) is 0 Å². The van der Waals surface area contributed by atoms with Gasteiger partial charge in [0, 0.05) is 11.1 Å². The molecule has 1 atom stereocenters. The number of anilines is 1. The summed E-state index contributed by atoms with van der Waals surface area (Å²) in [6.07, 6.45) is 0.451. The molecule has 0 radical (unpaired) electrons. The van der Waals surface area contributed by atoms with Crippen molar-refractivity contribution in [2.45, 2.75) is 45.7 Å². The second kappa shape index (κ2) is 9.17. The Balaban J connectivity index is 2.15. The largest absolute Gasteiger partial charge is 0.350 e. The fourth-order valence-electron chi connectivity index (χ4n) is 2.62. The first kappa shape index (κ1) is 21.2. The molecular weight excluding hydrogens is 354 g/mol. The van der Waals surface area contributed by atoms with Crippen molar-refractivity contribution in [2.75, 3.05) is 5.32 Å². The van der Waals surface area contributed by atoms with Crippen molar-refractivity contribution in [3.05, 3.63) is 65.7 Å². The minimum atomic E-state index is -0.662. The maximum atomic E-state index is 12.8. The van der Waals surface area contributed by atoms with Crippen LogP contribution in [0.25, 0.3) is 0 Å². The summed E-state index contributed by atoms with van der Waals surface area (Å²) in [5, 5.41) is 8.39. The molecule has 0 saturated carbocycles. The third-order valence-corrected chi connectivity index (χ3v) is 3.98. The topological polar surface area (TPSA) is 87.3 Å². The van der Waals surface area contributed by atoms with Crippen molar-refractivity contribution >= 4 is 23.4 Å². The fourth-order valence-corrected chi connectivity index (χ4v) is 2.62. The Hall–Kier alpha value is -3.15. The number of benzene rings is 2. The minimum absolute atomic E-state index is 0.242. The van der Waals surface area contributed by atoms with E-state index in [-0.39, 0.29) is 11.8 Å². The SMILES string of the molecule is CC[C@@H](NC(=O)c1ccccc1NC(=O)c1ccccc1)C(=O)NC(C)(C)C. The highest BCUT2D eigenvalue weighted by Crippen LogP contribution is 2.17. The van der Waals surface area contributed by atoms with Gasteiger partial charge in [-0.2, -0.15) is 0 Å². The van der Waals surface area contributed by atoms with Crippen LogP contribution < -0.4 is 16.0 Å². The third kappa shape index (κ3) is 5.94. The molecule has 0 aliphatic rings. The summed E-state index contributed by atoms with van der Waals surface area (Å²) < 4.78 is 0. The van der Waals surface area contributed by atoms with Crippen LogP contribution in [0.4, 0.5) is 5.69 Å². The maximum absolute atomic E-state index is 12.8. The molecule has 0 aliphatic carbocycles. The first-order valence-corrected chi connectivity index (χ1v) is 9.29. The summed E-state index contributed by atoms with van der Waals surface area (Å²) in [5.74, 6) is -0.965. The zero-order valence-electron chi connectivity index (χ0n) is 16.7. The third-order valence-electron chi connectivity index (χ3n) is 3.98. The Kier molecular flexibility index (Phi) is 6.93. The predicted octanol–water partition coefficient (Wildman–Crippen LogP) is 3.36. The van der Waals surface area contributed by atoms with Crippen LogP contribution in [0.15, 0.2) is 54.6 Å². The summed E-state index contributed by atoms with van der Waals surface area (Å²) in [5.41, 5.74) is 0.791. The van der Waals surface area contributed by atoms with E-state index in [9.17, 15) is 14.4 Å². The van der Waals surface area contributed by atoms with Gasteiger partial charge in [0.05, 0.1) is 11.3 Å². The number of carbonyl (C=O) groups is 3. The van der Waals surface area contributed by atoms with Gasteiger partial charge in [-0.1, -0.05) is 37.3 Å². The molecule has 3 N–H and O–H groups in total. The van der Waals surface area contributed by atoms with Crippen molar-refractivity contribution in [2.24, 2.45) is 0 Å². The fraction of sp³-hybridized carbons (Fsp3) is 0.318. The van der Waals surface area contributed by atoms with Crippen LogP contribution in [0.3, 0.4) is 0 Å². The van der Waals surface area contributed by atoms with Crippen molar-refractivity contribution in [1.82, 2.24) is 10.6 Å². The summed E-state index contributed by atoms with van der Waals surface area (Å²) in [6, 6.07) is 14.8. The van der Waals surface area contributed by atoms with Gasteiger partial charge in [0.2, 0.25) is 5.91 Å². The smallest absolute Gasteiger partial charge is 0.255 e. The molecule has 0 bridgehead atoms. The summed E-state index contributed by atoms with van der Waals surface area (Å²) in [7, 11) is 0. The van der Waals surface area contributed by atoms with Gasteiger partial charge in [-0.25, -0.2) is 0 Å². The molecule has 0 heterocycles. The van der Waals surface area contributed by atoms with Crippen molar-refractivity contribution in [3.8, 4) is 0 Å². The minimum Gasteiger partial charge on any atom is -0.350 e. The van der Waals surface area contributed by atoms with Crippen LogP contribution in [0.5, 0.6) is 0 Å². The number of nitrogens with one attached hydrogen (secondary N) is 3. The number of hydrogen-bond donors (Lipinski definition) is 3. The monoisotopic (exact) mass is 381 g/mol. The molecule has 0 unspecified atom stereocenters. The number of carbonyl (C=O) groups excluding carboxylic acids is 3.